The largest absolute Gasteiger partial charge is 0.370 e. The molecule has 0 spiro atoms. The molecule has 0 aliphatic carbocycles. The molecule has 1 atom stereocenters. The summed E-state index contributed by atoms with van der Waals surface area (Å²) in [6.07, 6.45) is -0.129. The molecule has 0 radical (unpaired) electrons. The Balaban J connectivity index is 1.87. The number of benzene rings is 2. The molecule has 2 aromatic rings. The Morgan fingerprint density at radius 2 is 1.55 bits per heavy atom. The third-order valence-electron chi connectivity index (χ3n) is 2.92. The number of nitrogens with two attached hydrogens (primary N) is 1. The van der Waals surface area contributed by atoms with Crippen molar-refractivity contribution in [3.05, 3.63) is 66.2 Å². The van der Waals surface area contributed by atoms with Gasteiger partial charge in [-0.05, 0) is 17.7 Å². The van der Waals surface area contributed by atoms with Crippen LogP contribution in [0.25, 0.3) is 0 Å². The van der Waals surface area contributed by atoms with Crippen molar-refractivity contribution in [2.24, 2.45) is 15.7 Å². The topological polar surface area (TPSA) is 74.8 Å². The molecule has 0 bridgehead atoms. The quantitative estimate of drug-likeness (QED) is 0.776. The van der Waals surface area contributed by atoms with Crippen LogP contribution in [0, 0.1) is 0 Å². The SMILES string of the molecule is NC1=N/C(=N\c2ccccc2)N[C@H](c2ccccc2)N1. The van der Waals surface area contributed by atoms with Crippen molar-refractivity contribution >= 4 is 17.6 Å². The molecule has 1 heterocycles. The molecular formula is C15H15N5. The minimum absolute atomic E-state index is 0.129. The summed E-state index contributed by atoms with van der Waals surface area (Å²) in [4.78, 5) is 8.62. The van der Waals surface area contributed by atoms with Crippen LogP contribution < -0.4 is 16.4 Å². The molecule has 0 saturated carbocycles. The van der Waals surface area contributed by atoms with Crippen LogP contribution in [-0.2, 0) is 0 Å². The lowest BCUT2D eigenvalue weighted by Gasteiger charge is -2.25. The summed E-state index contributed by atoms with van der Waals surface area (Å²) in [7, 11) is 0. The van der Waals surface area contributed by atoms with E-state index in [0.29, 0.717) is 11.9 Å². The first-order valence-electron chi connectivity index (χ1n) is 6.37. The van der Waals surface area contributed by atoms with Crippen molar-refractivity contribution in [3.63, 3.8) is 0 Å². The summed E-state index contributed by atoms with van der Waals surface area (Å²) < 4.78 is 0. The van der Waals surface area contributed by atoms with E-state index in [9.17, 15) is 0 Å². The Hall–Kier alpha value is -2.82. The maximum atomic E-state index is 5.82. The number of nitrogens with one attached hydrogen (secondary N) is 2. The van der Waals surface area contributed by atoms with E-state index in [1.807, 2.05) is 60.7 Å². The number of hydrogen-bond donors (Lipinski definition) is 3. The summed E-state index contributed by atoms with van der Waals surface area (Å²) >= 11 is 0. The van der Waals surface area contributed by atoms with Gasteiger partial charge in [0.05, 0.1) is 5.69 Å². The maximum Gasteiger partial charge on any atom is 0.228 e. The molecule has 5 nitrogen and oxygen atoms in total. The number of para-hydroxylation sites is 1. The van der Waals surface area contributed by atoms with Crippen LogP contribution in [0.2, 0.25) is 0 Å². The first kappa shape index (κ1) is 12.2. The van der Waals surface area contributed by atoms with Crippen molar-refractivity contribution in [1.82, 2.24) is 10.6 Å². The van der Waals surface area contributed by atoms with Crippen LogP contribution in [0.1, 0.15) is 11.7 Å². The maximum absolute atomic E-state index is 5.82. The molecule has 100 valence electrons. The van der Waals surface area contributed by atoms with Gasteiger partial charge >= 0.3 is 0 Å². The first-order chi connectivity index (χ1) is 9.81. The van der Waals surface area contributed by atoms with E-state index in [2.05, 4.69) is 20.6 Å². The second-order valence-electron chi connectivity index (χ2n) is 4.40. The monoisotopic (exact) mass is 265 g/mol. The number of rotatable bonds is 2. The fourth-order valence-corrected chi connectivity index (χ4v) is 1.99. The van der Waals surface area contributed by atoms with E-state index >= 15 is 0 Å². The van der Waals surface area contributed by atoms with E-state index in [4.69, 9.17) is 5.73 Å². The molecule has 1 aliphatic heterocycles. The number of aliphatic imine (C=N–C) groups is 2. The number of hydrogen-bond acceptors (Lipinski definition) is 3. The molecule has 4 N–H and O–H groups in total. The van der Waals surface area contributed by atoms with Crippen LogP contribution >= 0.6 is 0 Å². The van der Waals surface area contributed by atoms with Gasteiger partial charge in [-0.15, -0.1) is 0 Å². The van der Waals surface area contributed by atoms with Gasteiger partial charge in [0.25, 0.3) is 0 Å². The van der Waals surface area contributed by atoms with Gasteiger partial charge in [0.15, 0.2) is 5.96 Å². The Morgan fingerprint density at radius 1 is 0.900 bits per heavy atom. The van der Waals surface area contributed by atoms with Gasteiger partial charge in [-0.2, -0.15) is 4.99 Å². The first-order valence-corrected chi connectivity index (χ1v) is 6.37. The predicted molar refractivity (Wildman–Crippen MR) is 80.6 cm³/mol. The Morgan fingerprint density at radius 3 is 2.25 bits per heavy atom. The highest BCUT2D eigenvalue weighted by atomic mass is 15.3. The van der Waals surface area contributed by atoms with E-state index in [-0.39, 0.29) is 6.17 Å². The van der Waals surface area contributed by atoms with Crippen molar-refractivity contribution < 1.29 is 0 Å². The van der Waals surface area contributed by atoms with Crippen LogP contribution in [0.3, 0.4) is 0 Å². The van der Waals surface area contributed by atoms with Crippen molar-refractivity contribution in [3.8, 4) is 0 Å². The fraction of sp³-hybridized carbons (Fsp3) is 0.0667. The molecule has 3 rings (SSSR count). The highest BCUT2D eigenvalue weighted by Crippen LogP contribution is 2.14. The highest BCUT2D eigenvalue weighted by Gasteiger charge is 2.18. The second-order valence-corrected chi connectivity index (χ2v) is 4.40. The van der Waals surface area contributed by atoms with Gasteiger partial charge in [0.1, 0.15) is 6.17 Å². The smallest absolute Gasteiger partial charge is 0.228 e. The van der Waals surface area contributed by atoms with Crippen LogP contribution in [0.15, 0.2) is 70.6 Å². The van der Waals surface area contributed by atoms with Crippen molar-refractivity contribution in [2.45, 2.75) is 6.17 Å². The molecule has 20 heavy (non-hydrogen) atoms. The Bertz CT molecular complexity index is 634. The van der Waals surface area contributed by atoms with Crippen LogP contribution in [-0.4, -0.2) is 11.9 Å². The van der Waals surface area contributed by atoms with E-state index in [1.54, 1.807) is 0 Å². The molecule has 0 aromatic heterocycles. The van der Waals surface area contributed by atoms with Gasteiger partial charge in [-0.25, -0.2) is 4.99 Å². The third kappa shape index (κ3) is 2.77. The molecule has 5 heteroatoms. The third-order valence-corrected chi connectivity index (χ3v) is 2.92. The van der Waals surface area contributed by atoms with Gasteiger partial charge in [-0.3, -0.25) is 0 Å². The molecule has 0 amide bonds. The van der Waals surface area contributed by atoms with Gasteiger partial charge < -0.3 is 16.4 Å². The van der Waals surface area contributed by atoms with Gasteiger partial charge in [0, 0.05) is 0 Å². The lowest BCUT2D eigenvalue weighted by atomic mass is 10.1. The molecule has 0 saturated heterocycles. The molecule has 0 fully saturated rings. The lowest BCUT2D eigenvalue weighted by Crippen LogP contribution is -2.49. The lowest BCUT2D eigenvalue weighted by molar-refractivity contribution is 0.588. The molecule has 1 aliphatic rings. The number of guanidine groups is 2. The summed E-state index contributed by atoms with van der Waals surface area (Å²) in [5, 5.41) is 6.30. The Kier molecular flexibility index (Phi) is 3.33. The average Bonchev–Trinajstić information content (AvgIpc) is 2.49. The van der Waals surface area contributed by atoms with Crippen molar-refractivity contribution in [2.75, 3.05) is 0 Å². The van der Waals surface area contributed by atoms with Crippen LogP contribution in [0.4, 0.5) is 5.69 Å². The summed E-state index contributed by atoms with van der Waals surface area (Å²) in [6.45, 7) is 0. The molecular weight excluding hydrogens is 250 g/mol. The van der Waals surface area contributed by atoms with E-state index in [0.717, 1.165) is 11.3 Å². The zero-order valence-corrected chi connectivity index (χ0v) is 10.8. The summed E-state index contributed by atoms with van der Waals surface area (Å²) in [5.41, 5.74) is 7.73. The van der Waals surface area contributed by atoms with E-state index < -0.39 is 0 Å². The number of nitrogens with zero attached hydrogens (tertiary/aromatic N) is 2. The van der Waals surface area contributed by atoms with Crippen molar-refractivity contribution in [1.29, 1.82) is 0 Å². The second kappa shape index (κ2) is 5.44. The minimum Gasteiger partial charge on any atom is -0.370 e. The normalized spacial score (nSPS) is 19.9. The van der Waals surface area contributed by atoms with Gasteiger partial charge in [-0.1, -0.05) is 48.5 Å². The predicted octanol–water partition coefficient (Wildman–Crippen LogP) is 1.88. The zero-order chi connectivity index (χ0) is 13.8. The fourth-order valence-electron chi connectivity index (χ4n) is 1.99. The van der Waals surface area contributed by atoms with Crippen LogP contribution in [0.5, 0.6) is 0 Å². The van der Waals surface area contributed by atoms with Gasteiger partial charge in [0.2, 0.25) is 5.96 Å². The molecule has 2 aromatic carbocycles. The standard InChI is InChI=1S/C15H15N5/c16-14-18-13(11-7-3-1-4-8-11)19-15(20-14)17-12-9-5-2-6-10-12/h1-10,13H,(H4,16,17,18,19,20)/t13-/m1/s1. The summed E-state index contributed by atoms with van der Waals surface area (Å²) in [5.74, 6) is 0.855. The van der Waals surface area contributed by atoms with E-state index in [1.165, 1.54) is 0 Å². The molecule has 0 unspecified atom stereocenters. The zero-order valence-electron chi connectivity index (χ0n) is 10.8. The minimum atomic E-state index is -0.129. The summed E-state index contributed by atoms with van der Waals surface area (Å²) in [6, 6.07) is 19.6. The average molecular weight is 265 g/mol. The highest BCUT2D eigenvalue weighted by molar-refractivity contribution is 5.97. The Labute approximate surface area is 117 Å².